The van der Waals surface area contributed by atoms with Crippen molar-refractivity contribution in [3.63, 3.8) is 0 Å². The molecule has 0 aliphatic rings. The number of benzene rings is 1. The molecule has 0 aliphatic carbocycles. The molecule has 1 rings (SSSR count). The van der Waals surface area contributed by atoms with Crippen LogP contribution in [-0.2, 0) is 4.74 Å². The van der Waals surface area contributed by atoms with Gasteiger partial charge in [0.15, 0.2) is 0 Å². The minimum atomic E-state index is 0.480. The number of ether oxygens (including phenoxy) is 1. The molecule has 0 saturated heterocycles. The first-order valence-corrected chi connectivity index (χ1v) is 7.16. The maximum atomic E-state index is 5.72. The minimum Gasteiger partial charge on any atom is -0.399 e. The van der Waals surface area contributed by atoms with Crippen LogP contribution in [0.1, 0.15) is 38.7 Å². The molecule has 1 aromatic carbocycles. The quantitative estimate of drug-likeness (QED) is 0.733. The van der Waals surface area contributed by atoms with Gasteiger partial charge in [-0.05, 0) is 50.0 Å². The molecule has 2 atom stereocenters. The van der Waals surface area contributed by atoms with Gasteiger partial charge in [-0.2, -0.15) is 0 Å². The molecule has 2 N–H and O–H groups in total. The molecule has 0 radical (unpaired) electrons. The summed E-state index contributed by atoms with van der Waals surface area (Å²) in [4.78, 5) is 2.47. The van der Waals surface area contributed by atoms with Gasteiger partial charge >= 0.3 is 0 Å². The maximum Gasteiger partial charge on any atom is 0.0615 e. The van der Waals surface area contributed by atoms with Crippen LogP contribution in [0.5, 0.6) is 0 Å². The van der Waals surface area contributed by atoms with E-state index in [1.54, 1.807) is 7.11 Å². The van der Waals surface area contributed by atoms with Gasteiger partial charge < -0.3 is 10.5 Å². The van der Waals surface area contributed by atoms with Crippen LogP contribution >= 0.6 is 0 Å². The van der Waals surface area contributed by atoms with Crippen LogP contribution in [0.15, 0.2) is 24.3 Å². The van der Waals surface area contributed by atoms with E-state index in [9.17, 15) is 0 Å². The molecular formula is C16H28N2O. The third-order valence-corrected chi connectivity index (χ3v) is 3.79. The Bertz CT molecular complexity index is 350. The van der Waals surface area contributed by atoms with E-state index in [2.05, 4.69) is 37.8 Å². The average Bonchev–Trinajstić information content (AvgIpc) is 2.40. The number of rotatable bonds is 8. The predicted octanol–water partition coefficient (Wildman–Crippen LogP) is 3.12. The number of nitrogen functional groups attached to an aromatic ring is 1. The van der Waals surface area contributed by atoms with Crippen LogP contribution < -0.4 is 5.73 Å². The molecule has 0 saturated carbocycles. The van der Waals surface area contributed by atoms with Crippen LogP contribution in [0, 0.1) is 0 Å². The second kappa shape index (κ2) is 8.18. The fraction of sp³-hybridized carbons (Fsp3) is 0.625. The van der Waals surface area contributed by atoms with E-state index in [0.29, 0.717) is 12.0 Å². The van der Waals surface area contributed by atoms with Crippen molar-refractivity contribution in [1.29, 1.82) is 0 Å². The lowest BCUT2D eigenvalue weighted by molar-refractivity contribution is 0.101. The molecule has 3 nitrogen and oxygen atoms in total. The molecule has 0 heterocycles. The molecule has 108 valence electrons. The standard InChI is InChI=1S/C16H28N2O/c1-5-18(14(3)12-19-4)11-10-13(2)15-6-8-16(17)9-7-15/h6-9,13-14H,5,10-12,17H2,1-4H3. The Balaban J connectivity index is 2.47. The summed E-state index contributed by atoms with van der Waals surface area (Å²) in [5.41, 5.74) is 7.92. The first-order chi connectivity index (χ1) is 9.08. The highest BCUT2D eigenvalue weighted by atomic mass is 16.5. The smallest absolute Gasteiger partial charge is 0.0615 e. The van der Waals surface area contributed by atoms with Crippen LogP contribution in [0.2, 0.25) is 0 Å². The van der Waals surface area contributed by atoms with Gasteiger partial charge in [-0.1, -0.05) is 26.0 Å². The van der Waals surface area contributed by atoms with E-state index in [4.69, 9.17) is 10.5 Å². The molecule has 2 unspecified atom stereocenters. The molecule has 3 heteroatoms. The third-order valence-electron chi connectivity index (χ3n) is 3.79. The predicted molar refractivity (Wildman–Crippen MR) is 82.5 cm³/mol. The number of hydrogen-bond donors (Lipinski definition) is 1. The molecule has 0 bridgehead atoms. The van der Waals surface area contributed by atoms with Gasteiger partial charge in [0.25, 0.3) is 0 Å². The van der Waals surface area contributed by atoms with Crippen molar-refractivity contribution in [3.05, 3.63) is 29.8 Å². The zero-order chi connectivity index (χ0) is 14.3. The van der Waals surface area contributed by atoms with E-state index in [-0.39, 0.29) is 0 Å². The largest absolute Gasteiger partial charge is 0.399 e. The van der Waals surface area contributed by atoms with Gasteiger partial charge in [-0.3, -0.25) is 4.90 Å². The Morgan fingerprint density at radius 3 is 2.37 bits per heavy atom. The lowest BCUT2D eigenvalue weighted by atomic mass is 9.97. The average molecular weight is 264 g/mol. The van der Waals surface area contributed by atoms with Gasteiger partial charge in [0, 0.05) is 18.8 Å². The number of likely N-dealkylation sites (N-methyl/N-ethyl adjacent to an activating group) is 1. The highest BCUT2D eigenvalue weighted by Crippen LogP contribution is 2.20. The van der Waals surface area contributed by atoms with E-state index < -0.39 is 0 Å². The SMILES string of the molecule is CCN(CCC(C)c1ccc(N)cc1)C(C)COC. The van der Waals surface area contributed by atoms with Gasteiger partial charge in [0.1, 0.15) is 0 Å². The Kier molecular flexibility index (Phi) is 6.89. The Hall–Kier alpha value is -1.06. The lowest BCUT2D eigenvalue weighted by Crippen LogP contribution is -2.37. The summed E-state index contributed by atoms with van der Waals surface area (Å²) in [7, 11) is 1.77. The normalized spacial score (nSPS) is 14.6. The number of nitrogens with zero attached hydrogens (tertiary/aromatic N) is 1. The van der Waals surface area contributed by atoms with Crippen molar-refractivity contribution in [2.75, 3.05) is 32.5 Å². The summed E-state index contributed by atoms with van der Waals surface area (Å²) in [5, 5.41) is 0. The van der Waals surface area contributed by atoms with Gasteiger partial charge in [0.05, 0.1) is 6.61 Å². The van der Waals surface area contributed by atoms with Crippen LogP contribution in [0.4, 0.5) is 5.69 Å². The first kappa shape index (κ1) is 16.0. The van der Waals surface area contributed by atoms with Crippen molar-refractivity contribution < 1.29 is 4.74 Å². The molecule has 0 fully saturated rings. The second-order valence-electron chi connectivity index (χ2n) is 5.29. The molecule has 19 heavy (non-hydrogen) atoms. The Labute approximate surface area is 117 Å². The summed E-state index contributed by atoms with van der Waals surface area (Å²) in [6, 6.07) is 8.71. The highest BCUT2D eigenvalue weighted by Gasteiger charge is 2.13. The Morgan fingerprint density at radius 2 is 1.84 bits per heavy atom. The van der Waals surface area contributed by atoms with Crippen LogP contribution in [0.25, 0.3) is 0 Å². The lowest BCUT2D eigenvalue weighted by Gasteiger charge is -2.28. The van der Waals surface area contributed by atoms with Crippen molar-refractivity contribution in [1.82, 2.24) is 4.90 Å². The zero-order valence-electron chi connectivity index (χ0n) is 12.7. The summed E-state index contributed by atoms with van der Waals surface area (Å²) in [6.07, 6.45) is 1.16. The van der Waals surface area contributed by atoms with E-state index in [0.717, 1.165) is 31.8 Å². The van der Waals surface area contributed by atoms with E-state index in [1.165, 1.54) is 5.56 Å². The van der Waals surface area contributed by atoms with E-state index in [1.807, 2.05) is 12.1 Å². The zero-order valence-corrected chi connectivity index (χ0v) is 12.7. The van der Waals surface area contributed by atoms with Gasteiger partial charge in [-0.15, -0.1) is 0 Å². The molecule has 0 aliphatic heterocycles. The maximum absolute atomic E-state index is 5.72. The minimum absolute atomic E-state index is 0.480. The van der Waals surface area contributed by atoms with Crippen LogP contribution in [0.3, 0.4) is 0 Å². The van der Waals surface area contributed by atoms with Crippen molar-refractivity contribution >= 4 is 5.69 Å². The number of nitrogens with two attached hydrogens (primary N) is 1. The molecule has 0 amide bonds. The monoisotopic (exact) mass is 264 g/mol. The highest BCUT2D eigenvalue weighted by molar-refractivity contribution is 5.40. The van der Waals surface area contributed by atoms with Gasteiger partial charge in [-0.25, -0.2) is 0 Å². The fourth-order valence-corrected chi connectivity index (χ4v) is 2.39. The molecule has 1 aromatic rings. The van der Waals surface area contributed by atoms with Crippen molar-refractivity contribution in [2.45, 2.75) is 39.2 Å². The van der Waals surface area contributed by atoms with Crippen molar-refractivity contribution in [2.24, 2.45) is 0 Å². The second-order valence-corrected chi connectivity index (χ2v) is 5.29. The first-order valence-electron chi connectivity index (χ1n) is 7.16. The van der Waals surface area contributed by atoms with Crippen molar-refractivity contribution in [3.8, 4) is 0 Å². The fourth-order valence-electron chi connectivity index (χ4n) is 2.39. The number of anilines is 1. The van der Waals surface area contributed by atoms with Crippen LogP contribution in [-0.4, -0.2) is 37.7 Å². The number of hydrogen-bond acceptors (Lipinski definition) is 3. The molecule has 0 aromatic heterocycles. The summed E-state index contributed by atoms with van der Waals surface area (Å²) in [5.74, 6) is 0.560. The topological polar surface area (TPSA) is 38.5 Å². The summed E-state index contributed by atoms with van der Waals surface area (Å²) < 4.78 is 5.24. The van der Waals surface area contributed by atoms with Gasteiger partial charge in [0.2, 0.25) is 0 Å². The third kappa shape index (κ3) is 5.21. The summed E-state index contributed by atoms with van der Waals surface area (Å²) >= 11 is 0. The Morgan fingerprint density at radius 1 is 1.21 bits per heavy atom. The molecular weight excluding hydrogens is 236 g/mol. The summed E-state index contributed by atoms with van der Waals surface area (Å²) in [6.45, 7) is 9.68. The molecule has 0 spiro atoms. The van der Waals surface area contributed by atoms with E-state index >= 15 is 0 Å². The number of methoxy groups -OCH3 is 1.